The predicted octanol–water partition coefficient (Wildman–Crippen LogP) is 0.420. The van der Waals surface area contributed by atoms with Gasteiger partial charge in [-0.3, -0.25) is 4.79 Å². The summed E-state index contributed by atoms with van der Waals surface area (Å²) >= 11 is 0. The molecule has 0 spiro atoms. The smallest absolute Gasteiger partial charge is 0.315 e. The topological polar surface area (TPSA) is 78.4 Å². The summed E-state index contributed by atoms with van der Waals surface area (Å²) in [5.74, 6) is 1.59. The number of hydrogen-bond donors (Lipinski definition) is 3. The lowest BCUT2D eigenvalue weighted by Crippen LogP contribution is -2.38. The Labute approximate surface area is 89.2 Å². The van der Waals surface area contributed by atoms with E-state index in [2.05, 4.69) is 16.6 Å². The van der Waals surface area contributed by atoms with Crippen molar-refractivity contribution in [3.8, 4) is 12.3 Å². The molecular formula is C10H16N2O3. The molecule has 0 aromatic carbocycles. The average molecular weight is 212 g/mol. The van der Waals surface area contributed by atoms with Crippen molar-refractivity contribution in [2.75, 3.05) is 13.1 Å². The predicted molar refractivity (Wildman–Crippen MR) is 56.3 cm³/mol. The van der Waals surface area contributed by atoms with Crippen LogP contribution in [0.25, 0.3) is 0 Å². The summed E-state index contributed by atoms with van der Waals surface area (Å²) in [5.41, 5.74) is 0. The monoisotopic (exact) mass is 212 g/mol. The van der Waals surface area contributed by atoms with Gasteiger partial charge in [-0.2, -0.15) is 0 Å². The number of terminal acetylenes is 1. The van der Waals surface area contributed by atoms with E-state index in [0.29, 0.717) is 13.0 Å². The van der Waals surface area contributed by atoms with Crippen molar-refractivity contribution in [1.82, 2.24) is 10.6 Å². The first-order valence-corrected chi connectivity index (χ1v) is 4.73. The molecule has 3 N–H and O–H groups in total. The number of hydrogen-bond acceptors (Lipinski definition) is 2. The molecule has 5 nitrogen and oxygen atoms in total. The van der Waals surface area contributed by atoms with Crippen LogP contribution in [-0.4, -0.2) is 30.2 Å². The quantitative estimate of drug-likeness (QED) is 0.558. The molecule has 84 valence electrons. The van der Waals surface area contributed by atoms with Gasteiger partial charge in [0.25, 0.3) is 0 Å². The second-order valence-corrected chi connectivity index (χ2v) is 3.31. The van der Waals surface area contributed by atoms with Gasteiger partial charge in [-0.1, -0.05) is 12.8 Å². The van der Waals surface area contributed by atoms with Gasteiger partial charge in [0, 0.05) is 13.0 Å². The highest BCUT2D eigenvalue weighted by atomic mass is 16.4. The Morgan fingerprint density at radius 1 is 1.47 bits per heavy atom. The van der Waals surface area contributed by atoms with Crippen LogP contribution in [0.1, 0.15) is 19.8 Å². The zero-order chi connectivity index (χ0) is 11.7. The fraction of sp³-hybridized carbons (Fsp3) is 0.600. The maximum Gasteiger partial charge on any atom is 0.315 e. The van der Waals surface area contributed by atoms with Crippen LogP contribution in [-0.2, 0) is 4.79 Å². The van der Waals surface area contributed by atoms with Crippen LogP contribution in [0.4, 0.5) is 4.79 Å². The summed E-state index contributed by atoms with van der Waals surface area (Å²) in [4.78, 5) is 21.3. The molecule has 15 heavy (non-hydrogen) atoms. The summed E-state index contributed by atoms with van der Waals surface area (Å²) in [5, 5.41) is 13.5. The third kappa shape index (κ3) is 8.63. The van der Waals surface area contributed by atoms with Gasteiger partial charge < -0.3 is 15.7 Å². The van der Waals surface area contributed by atoms with E-state index in [4.69, 9.17) is 11.5 Å². The lowest BCUT2D eigenvalue weighted by Gasteiger charge is -2.11. The molecule has 1 unspecified atom stereocenters. The summed E-state index contributed by atoms with van der Waals surface area (Å²) in [7, 11) is 0. The second kappa shape index (κ2) is 7.68. The number of amides is 2. The van der Waals surface area contributed by atoms with Crippen molar-refractivity contribution >= 4 is 12.0 Å². The normalized spacial score (nSPS) is 11.2. The Kier molecular flexibility index (Phi) is 6.81. The fourth-order valence-corrected chi connectivity index (χ4v) is 0.933. The molecule has 0 aromatic heterocycles. The molecular weight excluding hydrogens is 196 g/mol. The summed E-state index contributed by atoms with van der Waals surface area (Å²) in [6.07, 6.45) is 5.62. The highest BCUT2D eigenvalue weighted by molar-refractivity contribution is 5.74. The van der Waals surface area contributed by atoms with Crippen LogP contribution < -0.4 is 10.6 Å². The van der Waals surface area contributed by atoms with E-state index in [0.717, 1.165) is 0 Å². The Morgan fingerprint density at radius 2 is 2.13 bits per heavy atom. The maximum absolute atomic E-state index is 11.0. The van der Waals surface area contributed by atoms with Gasteiger partial charge in [-0.05, 0) is 12.3 Å². The van der Waals surface area contributed by atoms with Crippen molar-refractivity contribution in [2.45, 2.75) is 19.8 Å². The lowest BCUT2D eigenvalue weighted by atomic mass is 10.1. The van der Waals surface area contributed by atoms with Crippen molar-refractivity contribution < 1.29 is 14.7 Å². The molecule has 0 rings (SSSR count). The molecule has 0 heterocycles. The van der Waals surface area contributed by atoms with Crippen LogP contribution in [0.15, 0.2) is 0 Å². The first-order chi connectivity index (χ1) is 7.06. The Hall–Kier alpha value is -1.70. The number of carbonyl (C=O) groups is 2. The highest BCUT2D eigenvalue weighted by Gasteiger charge is 2.06. The van der Waals surface area contributed by atoms with Crippen LogP contribution >= 0.6 is 0 Å². The minimum Gasteiger partial charge on any atom is -0.481 e. The van der Waals surface area contributed by atoms with Crippen LogP contribution in [0.3, 0.4) is 0 Å². The third-order valence-corrected chi connectivity index (χ3v) is 1.81. The van der Waals surface area contributed by atoms with Crippen molar-refractivity contribution in [1.29, 1.82) is 0 Å². The van der Waals surface area contributed by atoms with Crippen molar-refractivity contribution in [3.63, 3.8) is 0 Å². The number of carboxylic acids is 1. The Bertz CT molecular complexity index is 258. The van der Waals surface area contributed by atoms with E-state index >= 15 is 0 Å². The van der Waals surface area contributed by atoms with E-state index in [1.165, 1.54) is 0 Å². The molecule has 2 amide bonds. The molecule has 0 aliphatic rings. The molecule has 1 atom stereocenters. The maximum atomic E-state index is 11.0. The molecule has 0 aliphatic heterocycles. The molecule has 0 bridgehead atoms. The fourth-order valence-electron chi connectivity index (χ4n) is 0.933. The van der Waals surface area contributed by atoms with Crippen LogP contribution in [0.5, 0.6) is 0 Å². The van der Waals surface area contributed by atoms with Gasteiger partial charge in [0.15, 0.2) is 0 Å². The van der Waals surface area contributed by atoms with Gasteiger partial charge in [0.2, 0.25) is 0 Å². The molecule has 0 saturated carbocycles. The van der Waals surface area contributed by atoms with Gasteiger partial charge in [0.05, 0.1) is 6.54 Å². The first kappa shape index (κ1) is 13.3. The number of aliphatic carboxylic acids is 1. The summed E-state index contributed by atoms with van der Waals surface area (Å²) in [6.45, 7) is 2.52. The standard InChI is InChI=1S/C10H16N2O3/c1-3-6-11-10(15)12-7-8(2)4-5-9(13)14/h1,8H,4-7H2,2H3,(H,13,14)(H2,11,12,15). The largest absolute Gasteiger partial charge is 0.481 e. The molecule has 0 saturated heterocycles. The van der Waals surface area contributed by atoms with E-state index in [9.17, 15) is 9.59 Å². The minimum absolute atomic E-state index is 0.120. The molecule has 0 aliphatic carbocycles. The highest BCUT2D eigenvalue weighted by Crippen LogP contribution is 2.03. The van der Waals surface area contributed by atoms with Crippen LogP contribution in [0, 0.1) is 18.3 Å². The SMILES string of the molecule is C#CCNC(=O)NCC(C)CCC(=O)O. The molecule has 0 fully saturated rings. The summed E-state index contributed by atoms with van der Waals surface area (Å²) < 4.78 is 0. The second-order valence-electron chi connectivity index (χ2n) is 3.31. The zero-order valence-corrected chi connectivity index (χ0v) is 8.75. The third-order valence-electron chi connectivity index (χ3n) is 1.81. The van der Waals surface area contributed by atoms with Gasteiger partial charge >= 0.3 is 12.0 Å². The molecule has 0 aromatic rings. The van der Waals surface area contributed by atoms with Crippen LogP contribution in [0.2, 0.25) is 0 Å². The zero-order valence-electron chi connectivity index (χ0n) is 8.75. The molecule has 5 heteroatoms. The first-order valence-electron chi connectivity index (χ1n) is 4.73. The lowest BCUT2D eigenvalue weighted by molar-refractivity contribution is -0.137. The number of nitrogens with one attached hydrogen (secondary N) is 2. The molecule has 0 radical (unpaired) electrons. The van der Waals surface area contributed by atoms with E-state index < -0.39 is 5.97 Å². The Morgan fingerprint density at radius 3 is 2.67 bits per heavy atom. The van der Waals surface area contributed by atoms with E-state index in [1.54, 1.807) is 0 Å². The Balaban J connectivity index is 3.53. The minimum atomic E-state index is -0.821. The van der Waals surface area contributed by atoms with Gasteiger partial charge in [-0.15, -0.1) is 6.42 Å². The van der Waals surface area contributed by atoms with E-state index in [1.807, 2.05) is 6.92 Å². The van der Waals surface area contributed by atoms with Crippen molar-refractivity contribution in [2.24, 2.45) is 5.92 Å². The van der Waals surface area contributed by atoms with E-state index in [-0.39, 0.29) is 24.9 Å². The number of carboxylic acid groups (broad SMARTS) is 1. The number of rotatable bonds is 6. The summed E-state index contributed by atoms with van der Waals surface area (Å²) in [6, 6.07) is -0.324. The number of urea groups is 1. The number of carbonyl (C=O) groups excluding carboxylic acids is 1. The van der Waals surface area contributed by atoms with Crippen molar-refractivity contribution in [3.05, 3.63) is 0 Å². The average Bonchev–Trinajstić information content (AvgIpc) is 2.20. The van der Waals surface area contributed by atoms with Gasteiger partial charge in [-0.25, -0.2) is 4.79 Å². The van der Waals surface area contributed by atoms with Gasteiger partial charge in [0.1, 0.15) is 0 Å².